The van der Waals surface area contributed by atoms with E-state index in [0.717, 1.165) is 11.4 Å². The molecular formula is C13H23N3. The molecule has 0 saturated carbocycles. The van der Waals surface area contributed by atoms with Crippen molar-refractivity contribution in [2.24, 2.45) is 9.98 Å². The molecule has 3 heteroatoms. The zero-order chi connectivity index (χ0) is 12.7. The number of aryl methyl sites for hydroxylation is 1. The second-order valence-electron chi connectivity index (χ2n) is 3.73. The maximum Gasteiger partial charge on any atom is 0.135 e. The molecule has 3 nitrogen and oxygen atoms in total. The van der Waals surface area contributed by atoms with Gasteiger partial charge in [-0.3, -0.25) is 0 Å². The molecular weight excluding hydrogens is 198 g/mol. The van der Waals surface area contributed by atoms with Crippen LogP contribution in [0.4, 0.5) is 5.82 Å². The van der Waals surface area contributed by atoms with Crippen LogP contribution in [-0.4, -0.2) is 17.5 Å². The Kier molecular flexibility index (Phi) is 6.38. The lowest BCUT2D eigenvalue weighted by Crippen LogP contribution is -1.86. The van der Waals surface area contributed by atoms with E-state index in [4.69, 9.17) is 0 Å². The summed E-state index contributed by atoms with van der Waals surface area (Å²) in [6.07, 6.45) is 0. The predicted molar refractivity (Wildman–Crippen MR) is 73.3 cm³/mol. The Morgan fingerprint density at radius 3 is 2.31 bits per heavy atom. The van der Waals surface area contributed by atoms with Gasteiger partial charge in [-0.05, 0) is 38.1 Å². The Balaban J connectivity index is 0.00000106. The van der Waals surface area contributed by atoms with E-state index in [-0.39, 0.29) is 0 Å². The minimum Gasteiger partial charge on any atom is -0.343 e. The van der Waals surface area contributed by atoms with Crippen LogP contribution in [0, 0.1) is 6.92 Å². The summed E-state index contributed by atoms with van der Waals surface area (Å²) in [7, 11) is 0. The SMILES string of the molecule is C=N/C(C)=N\c1[nH]c(C(C)C)cc1C.CC. The van der Waals surface area contributed by atoms with E-state index < -0.39 is 0 Å². The van der Waals surface area contributed by atoms with Crippen molar-refractivity contribution in [2.75, 3.05) is 0 Å². The van der Waals surface area contributed by atoms with Gasteiger partial charge in [-0.1, -0.05) is 27.7 Å². The summed E-state index contributed by atoms with van der Waals surface area (Å²) in [5.74, 6) is 2.07. The second-order valence-corrected chi connectivity index (χ2v) is 3.73. The van der Waals surface area contributed by atoms with Crippen molar-refractivity contribution in [3.8, 4) is 0 Å². The van der Waals surface area contributed by atoms with Crippen LogP contribution < -0.4 is 0 Å². The van der Waals surface area contributed by atoms with Gasteiger partial charge in [0.2, 0.25) is 0 Å². The minimum atomic E-state index is 0.495. The van der Waals surface area contributed by atoms with Crippen LogP contribution in [-0.2, 0) is 0 Å². The fraction of sp³-hybridized carbons (Fsp3) is 0.538. The van der Waals surface area contributed by atoms with Gasteiger partial charge in [0.15, 0.2) is 0 Å². The van der Waals surface area contributed by atoms with E-state index >= 15 is 0 Å². The van der Waals surface area contributed by atoms with Crippen molar-refractivity contribution in [2.45, 2.75) is 47.5 Å². The zero-order valence-corrected chi connectivity index (χ0v) is 11.3. The van der Waals surface area contributed by atoms with Crippen molar-refractivity contribution < 1.29 is 0 Å². The maximum absolute atomic E-state index is 4.31. The van der Waals surface area contributed by atoms with Crippen LogP contribution in [0.2, 0.25) is 0 Å². The van der Waals surface area contributed by atoms with Gasteiger partial charge in [0.05, 0.1) is 0 Å². The van der Waals surface area contributed by atoms with Gasteiger partial charge in [0, 0.05) is 5.69 Å². The number of H-pyrrole nitrogens is 1. The summed E-state index contributed by atoms with van der Waals surface area (Å²) in [5, 5.41) is 0. The number of hydrogen-bond acceptors (Lipinski definition) is 1. The van der Waals surface area contributed by atoms with Crippen molar-refractivity contribution in [3.63, 3.8) is 0 Å². The highest BCUT2D eigenvalue weighted by molar-refractivity contribution is 5.86. The summed E-state index contributed by atoms with van der Waals surface area (Å²) in [6, 6.07) is 2.12. The molecule has 16 heavy (non-hydrogen) atoms. The summed E-state index contributed by atoms with van der Waals surface area (Å²) in [6.45, 7) is 15.6. The molecule has 1 rings (SSSR count). The van der Waals surface area contributed by atoms with Crippen molar-refractivity contribution in [1.29, 1.82) is 0 Å². The summed E-state index contributed by atoms with van der Waals surface area (Å²) < 4.78 is 0. The third-order valence-electron chi connectivity index (χ3n) is 2.13. The molecule has 0 unspecified atom stereocenters. The van der Waals surface area contributed by atoms with Crippen LogP contribution >= 0.6 is 0 Å². The molecule has 0 fully saturated rings. The Hall–Kier alpha value is -1.38. The lowest BCUT2D eigenvalue weighted by atomic mass is 10.1. The van der Waals surface area contributed by atoms with Gasteiger partial charge in [0.25, 0.3) is 0 Å². The molecule has 1 aromatic rings. The maximum atomic E-state index is 4.31. The molecule has 0 saturated heterocycles. The van der Waals surface area contributed by atoms with Crippen molar-refractivity contribution in [1.82, 2.24) is 4.98 Å². The Labute approximate surface area is 98.7 Å². The second kappa shape index (κ2) is 6.99. The number of nitrogens with zero attached hydrogens (tertiary/aromatic N) is 2. The van der Waals surface area contributed by atoms with Crippen LogP contribution in [0.15, 0.2) is 16.1 Å². The number of aromatic amines is 1. The first-order chi connectivity index (χ1) is 7.54. The Morgan fingerprint density at radius 2 is 1.94 bits per heavy atom. The molecule has 1 heterocycles. The van der Waals surface area contributed by atoms with E-state index in [2.05, 4.69) is 41.6 Å². The normalized spacial score (nSPS) is 11.1. The molecule has 0 amide bonds. The minimum absolute atomic E-state index is 0.495. The Morgan fingerprint density at radius 1 is 1.38 bits per heavy atom. The number of aliphatic imine (C=N–C) groups is 2. The highest BCUT2D eigenvalue weighted by atomic mass is 15.0. The van der Waals surface area contributed by atoms with Gasteiger partial charge >= 0.3 is 0 Å². The van der Waals surface area contributed by atoms with Gasteiger partial charge in [-0.25, -0.2) is 9.98 Å². The molecule has 90 valence electrons. The fourth-order valence-corrected chi connectivity index (χ4v) is 1.20. The topological polar surface area (TPSA) is 40.5 Å². The molecule has 0 atom stereocenters. The Bertz CT molecular complexity index is 359. The van der Waals surface area contributed by atoms with Crippen molar-refractivity contribution in [3.05, 3.63) is 17.3 Å². The zero-order valence-electron chi connectivity index (χ0n) is 11.3. The largest absolute Gasteiger partial charge is 0.343 e. The van der Waals surface area contributed by atoms with Gasteiger partial charge < -0.3 is 4.98 Å². The molecule has 1 N–H and O–H groups in total. The molecule has 0 bridgehead atoms. The highest BCUT2D eigenvalue weighted by Crippen LogP contribution is 2.23. The number of aromatic nitrogens is 1. The molecule has 0 spiro atoms. The first-order valence-corrected chi connectivity index (χ1v) is 5.76. The molecule has 0 aliphatic rings. The van der Waals surface area contributed by atoms with E-state index in [1.165, 1.54) is 5.69 Å². The third-order valence-corrected chi connectivity index (χ3v) is 2.13. The van der Waals surface area contributed by atoms with Crippen molar-refractivity contribution >= 4 is 18.4 Å². The average molecular weight is 221 g/mol. The number of amidine groups is 1. The van der Waals surface area contributed by atoms with E-state index in [1.54, 1.807) is 0 Å². The average Bonchev–Trinajstić information content (AvgIpc) is 2.63. The summed E-state index contributed by atoms with van der Waals surface area (Å²) in [4.78, 5) is 11.3. The first kappa shape index (κ1) is 14.6. The molecule has 0 aliphatic carbocycles. The van der Waals surface area contributed by atoms with E-state index in [1.807, 2.05) is 27.7 Å². The van der Waals surface area contributed by atoms with Gasteiger partial charge in [-0.2, -0.15) is 0 Å². The summed E-state index contributed by atoms with van der Waals surface area (Å²) >= 11 is 0. The molecule has 0 aliphatic heterocycles. The monoisotopic (exact) mass is 221 g/mol. The lowest BCUT2D eigenvalue weighted by Gasteiger charge is -1.98. The smallest absolute Gasteiger partial charge is 0.135 e. The number of nitrogens with one attached hydrogen (secondary N) is 1. The van der Waals surface area contributed by atoms with E-state index in [0.29, 0.717) is 11.8 Å². The van der Waals surface area contributed by atoms with Crippen LogP contribution in [0.3, 0.4) is 0 Å². The fourth-order valence-electron chi connectivity index (χ4n) is 1.20. The van der Waals surface area contributed by atoms with Gasteiger partial charge in [0.1, 0.15) is 11.7 Å². The summed E-state index contributed by atoms with van der Waals surface area (Å²) in [5.41, 5.74) is 2.36. The van der Waals surface area contributed by atoms with Crippen LogP contribution in [0.1, 0.15) is 51.8 Å². The quantitative estimate of drug-likeness (QED) is 0.573. The third kappa shape index (κ3) is 4.01. The predicted octanol–water partition coefficient (Wildman–Crippen LogP) is 4.22. The first-order valence-electron chi connectivity index (χ1n) is 5.76. The number of rotatable bonds is 2. The molecule has 1 aromatic heterocycles. The lowest BCUT2D eigenvalue weighted by molar-refractivity contribution is 0.833. The highest BCUT2D eigenvalue weighted by Gasteiger charge is 2.06. The molecule has 0 radical (unpaired) electrons. The number of hydrogen-bond donors (Lipinski definition) is 1. The van der Waals surface area contributed by atoms with Crippen LogP contribution in [0.5, 0.6) is 0 Å². The molecule has 0 aromatic carbocycles. The van der Waals surface area contributed by atoms with E-state index in [9.17, 15) is 0 Å². The van der Waals surface area contributed by atoms with Gasteiger partial charge in [-0.15, -0.1) is 0 Å². The van der Waals surface area contributed by atoms with Crippen LogP contribution in [0.25, 0.3) is 0 Å². The standard InChI is InChI=1S/C11H17N3.C2H6/c1-7(2)10-6-8(3)11(14-10)13-9(4)12-5;1-2/h6-7,14H,5H2,1-4H3;1-2H3/b13-9-;.